The lowest BCUT2D eigenvalue weighted by atomic mass is 10.0. The Balaban J connectivity index is 1.76. The van der Waals surface area contributed by atoms with Crippen molar-refractivity contribution in [2.24, 2.45) is 10.2 Å². The third-order valence-corrected chi connectivity index (χ3v) is 4.26. The second-order valence-corrected chi connectivity index (χ2v) is 6.23. The number of aromatic nitrogens is 2. The van der Waals surface area contributed by atoms with Crippen LogP contribution < -0.4 is 5.56 Å². The number of nitrogens with one attached hydrogen (secondary N) is 1. The van der Waals surface area contributed by atoms with Crippen LogP contribution in [-0.2, 0) is 0 Å². The first kappa shape index (κ1) is 17.0. The molecule has 2 aromatic carbocycles. The molecule has 0 saturated carbocycles. The van der Waals surface area contributed by atoms with Gasteiger partial charge in [-0.25, -0.2) is 9.07 Å². The Morgan fingerprint density at radius 1 is 1.19 bits per heavy atom. The lowest BCUT2D eigenvalue weighted by molar-refractivity contribution is 0.432. The maximum Gasteiger partial charge on any atom is 0.275 e. The highest BCUT2D eigenvalue weighted by Crippen LogP contribution is 2.24. The fourth-order valence-corrected chi connectivity index (χ4v) is 2.91. The van der Waals surface area contributed by atoms with E-state index < -0.39 is 5.56 Å². The van der Waals surface area contributed by atoms with E-state index in [0.717, 1.165) is 0 Å². The first-order chi connectivity index (χ1) is 13.0. The van der Waals surface area contributed by atoms with Crippen molar-refractivity contribution in [2.45, 2.75) is 0 Å². The lowest BCUT2D eigenvalue weighted by Crippen LogP contribution is -2.07. The minimum atomic E-state index is -0.487. The SMILES string of the molecule is O=c1[nH]n(-c2cccc(Cl)c2)c(O)c1/C=C1\C=NN=C1c1ccc(F)cc1. The smallest absolute Gasteiger partial charge is 0.275 e. The number of benzene rings is 2. The number of aromatic amines is 1. The summed E-state index contributed by atoms with van der Waals surface area (Å²) in [6, 6.07) is 12.5. The van der Waals surface area contributed by atoms with Crippen molar-refractivity contribution in [1.29, 1.82) is 0 Å². The molecule has 0 atom stereocenters. The molecule has 4 rings (SSSR count). The normalized spacial score (nSPS) is 14.7. The summed E-state index contributed by atoms with van der Waals surface area (Å²) < 4.78 is 14.4. The van der Waals surface area contributed by atoms with E-state index in [1.807, 2.05) is 0 Å². The van der Waals surface area contributed by atoms with E-state index in [1.54, 1.807) is 36.4 Å². The molecular formula is C19H12ClFN4O2. The standard InChI is InChI=1S/C19H12ClFN4O2/c20-13-2-1-3-15(9-13)25-19(27)16(18(26)24-25)8-12-10-22-23-17(12)11-4-6-14(21)7-5-11/h1-10,27H,(H,24,26)/b12-8+. The first-order valence-electron chi connectivity index (χ1n) is 7.92. The van der Waals surface area contributed by atoms with Gasteiger partial charge in [0.2, 0.25) is 5.88 Å². The van der Waals surface area contributed by atoms with Crippen LogP contribution in [0.15, 0.2) is 69.1 Å². The molecule has 134 valence electrons. The number of H-pyrrole nitrogens is 1. The third-order valence-electron chi connectivity index (χ3n) is 4.02. The molecule has 0 saturated heterocycles. The zero-order chi connectivity index (χ0) is 19.0. The summed E-state index contributed by atoms with van der Waals surface area (Å²) in [6.07, 6.45) is 2.95. The Kier molecular flexibility index (Phi) is 4.21. The van der Waals surface area contributed by atoms with Crippen LogP contribution in [0.25, 0.3) is 11.8 Å². The number of rotatable bonds is 3. The molecule has 3 aromatic rings. The van der Waals surface area contributed by atoms with E-state index in [4.69, 9.17) is 11.6 Å². The fourth-order valence-electron chi connectivity index (χ4n) is 2.73. The van der Waals surface area contributed by atoms with Crippen LogP contribution in [0.5, 0.6) is 5.88 Å². The second kappa shape index (κ2) is 6.69. The van der Waals surface area contributed by atoms with E-state index >= 15 is 0 Å². The third kappa shape index (κ3) is 3.20. The largest absolute Gasteiger partial charge is 0.493 e. The van der Waals surface area contributed by atoms with Gasteiger partial charge in [-0.15, -0.1) is 5.10 Å². The van der Waals surface area contributed by atoms with Crippen molar-refractivity contribution >= 4 is 29.6 Å². The van der Waals surface area contributed by atoms with E-state index in [-0.39, 0.29) is 17.3 Å². The Morgan fingerprint density at radius 2 is 1.96 bits per heavy atom. The van der Waals surface area contributed by atoms with Crippen molar-refractivity contribution in [3.05, 3.63) is 86.4 Å². The minimum Gasteiger partial charge on any atom is -0.493 e. The molecule has 1 aliphatic rings. The monoisotopic (exact) mass is 382 g/mol. The molecule has 0 radical (unpaired) electrons. The predicted octanol–water partition coefficient (Wildman–Crippen LogP) is 3.54. The van der Waals surface area contributed by atoms with Crippen molar-refractivity contribution in [2.75, 3.05) is 0 Å². The molecule has 27 heavy (non-hydrogen) atoms. The molecule has 0 aliphatic carbocycles. The van der Waals surface area contributed by atoms with E-state index in [9.17, 15) is 14.3 Å². The molecule has 6 nitrogen and oxygen atoms in total. The average Bonchev–Trinajstić information content (AvgIpc) is 3.22. The van der Waals surface area contributed by atoms with E-state index in [1.165, 1.54) is 29.1 Å². The van der Waals surface area contributed by atoms with E-state index in [2.05, 4.69) is 15.3 Å². The van der Waals surface area contributed by atoms with Crippen LogP contribution in [0.4, 0.5) is 4.39 Å². The Labute approximate surface area is 157 Å². The quantitative estimate of drug-likeness (QED) is 0.726. The molecule has 0 spiro atoms. The molecular weight excluding hydrogens is 371 g/mol. The van der Waals surface area contributed by atoms with Crippen LogP contribution in [0.1, 0.15) is 11.1 Å². The van der Waals surface area contributed by atoms with Gasteiger partial charge in [0.25, 0.3) is 5.56 Å². The summed E-state index contributed by atoms with van der Waals surface area (Å²) in [7, 11) is 0. The second-order valence-electron chi connectivity index (χ2n) is 5.79. The summed E-state index contributed by atoms with van der Waals surface area (Å²) in [4.78, 5) is 12.3. The number of allylic oxidation sites excluding steroid dienone is 1. The predicted molar refractivity (Wildman–Crippen MR) is 102 cm³/mol. The van der Waals surface area contributed by atoms with Gasteiger partial charge >= 0.3 is 0 Å². The highest BCUT2D eigenvalue weighted by atomic mass is 35.5. The van der Waals surface area contributed by atoms with Gasteiger partial charge in [-0.3, -0.25) is 9.89 Å². The number of hydrogen-bond donors (Lipinski definition) is 2. The number of nitrogens with zero attached hydrogens (tertiary/aromatic N) is 3. The first-order valence-corrected chi connectivity index (χ1v) is 8.30. The van der Waals surface area contributed by atoms with Crippen molar-refractivity contribution < 1.29 is 9.50 Å². The molecule has 0 fully saturated rings. The fraction of sp³-hybridized carbons (Fsp3) is 0. The minimum absolute atomic E-state index is 0.0492. The molecule has 2 N–H and O–H groups in total. The highest BCUT2D eigenvalue weighted by Gasteiger charge is 2.18. The maximum atomic E-state index is 13.1. The number of halogens is 2. The topological polar surface area (TPSA) is 82.7 Å². The molecule has 0 amide bonds. The van der Waals surface area contributed by atoms with Crippen molar-refractivity contribution in [3.63, 3.8) is 0 Å². The molecule has 0 unspecified atom stereocenters. The molecule has 8 heteroatoms. The van der Waals surface area contributed by atoms with Gasteiger partial charge < -0.3 is 5.11 Å². The van der Waals surface area contributed by atoms with Gasteiger partial charge in [0, 0.05) is 16.2 Å². The lowest BCUT2D eigenvalue weighted by Gasteiger charge is -2.05. The maximum absolute atomic E-state index is 13.1. The Bertz CT molecular complexity index is 1170. The number of hydrogen-bond acceptors (Lipinski definition) is 4. The Morgan fingerprint density at radius 3 is 2.70 bits per heavy atom. The zero-order valence-corrected chi connectivity index (χ0v) is 14.5. The van der Waals surface area contributed by atoms with Gasteiger partial charge in [-0.1, -0.05) is 17.7 Å². The summed E-state index contributed by atoms with van der Waals surface area (Å²) in [5.41, 5.74) is 1.71. The molecule has 1 aromatic heterocycles. The van der Waals surface area contributed by atoms with Gasteiger partial charge in [-0.2, -0.15) is 5.10 Å². The van der Waals surface area contributed by atoms with Gasteiger partial charge in [0.15, 0.2) is 0 Å². The highest BCUT2D eigenvalue weighted by molar-refractivity contribution is 6.30. The molecule has 1 aliphatic heterocycles. The van der Waals surface area contributed by atoms with E-state index in [0.29, 0.717) is 27.6 Å². The summed E-state index contributed by atoms with van der Waals surface area (Å²) >= 11 is 5.97. The number of aromatic hydroxyl groups is 1. The van der Waals surface area contributed by atoms with Crippen LogP contribution in [0, 0.1) is 5.82 Å². The summed E-state index contributed by atoms with van der Waals surface area (Å²) in [5, 5.41) is 21.4. The van der Waals surface area contributed by atoms with Crippen LogP contribution in [-0.4, -0.2) is 26.8 Å². The van der Waals surface area contributed by atoms with Crippen LogP contribution in [0.2, 0.25) is 5.02 Å². The van der Waals surface area contributed by atoms with Crippen LogP contribution in [0.3, 0.4) is 0 Å². The van der Waals surface area contributed by atoms with Crippen molar-refractivity contribution in [3.8, 4) is 11.6 Å². The summed E-state index contributed by atoms with van der Waals surface area (Å²) in [5.74, 6) is -0.634. The van der Waals surface area contributed by atoms with Gasteiger partial charge in [0.05, 0.1) is 11.9 Å². The van der Waals surface area contributed by atoms with Gasteiger partial charge in [0.1, 0.15) is 17.1 Å². The van der Waals surface area contributed by atoms with Crippen molar-refractivity contribution in [1.82, 2.24) is 9.78 Å². The molecule has 2 heterocycles. The zero-order valence-electron chi connectivity index (χ0n) is 13.7. The average molecular weight is 383 g/mol. The molecule has 0 bridgehead atoms. The Hall–Kier alpha value is -3.45. The summed E-state index contributed by atoms with van der Waals surface area (Å²) in [6.45, 7) is 0. The van der Waals surface area contributed by atoms with Gasteiger partial charge in [-0.05, 0) is 48.5 Å². The van der Waals surface area contributed by atoms with Crippen LogP contribution >= 0.6 is 11.6 Å².